The molecule has 0 amide bonds. The molecule has 3 N–H and O–H groups in total. The first kappa shape index (κ1) is 28.7. The largest absolute Gasteiger partial charge is 0.457 e. The SMILES string of the molecule is Cc1cc(F)cc(C)c1Oc1ccc(C(C)(C)O)c(-c2c3c(nc(C4CCCCC4)c2S(N)(=O)=O)CCCC3)c1. The van der Waals surface area contributed by atoms with Crippen molar-refractivity contribution >= 4 is 10.0 Å². The zero-order chi connectivity index (χ0) is 28.8. The summed E-state index contributed by atoms with van der Waals surface area (Å²) < 4.78 is 47.1. The lowest BCUT2D eigenvalue weighted by Gasteiger charge is -2.30. The summed E-state index contributed by atoms with van der Waals surface area (Å²) in [6.45, 7) is 6.94. The first-order valence-electron chi connectivity index (χ1n) is 14.2. The molecule has 5 rings (SSSR count). The van der Waals surface area contributed by atoms with Crippen molar-refractivity contribution in [3.05, 3.63) is 69.8 Å². The molecule has 8 heteroatoms. The highest BCUT2D eigenvalue weighted by molar-refractivity contribution is 7.89. The topological polar surface area (TPSA) is 103 Å². The highest BCUT2D eigenvalue weighted by Crippen LogP contribution is 2.46. The van der Waals surface area contributed by atoms with Crippen LogP contribution >= 0.6 is 0 Å². The summed E-state index contributed by atoms with van der Waals surface area (Å²) in [6, 6.07) is 8.17. The smallest absolute Gasteiger partial charge is 0.240 e. The Hall–Kier alpha value is -2.81. The van der Waals surface area contributed by atoms with E-state index in [1.165, 1.54) is 12.1 Å². The number of sulfonamides is 1. The van der Waals surface area contributed by atoms with Crippen molar-refractivity contribution in [1.82, 2.24) is 4.98 Å². The van der Waals surface area contributed by atoms with Gasteiger partial charge in [0.1, 0.15) is 22.2 Å². The van der Waals surface area contributed by atoms with Crippen LogP contribution in [0.2, 0.25) is 0 Å². The van der Waals surface area contributed by atoms with E-state index in [0.717, 1.165) is 62.6 Å². The van der Waals surface area contributed by atoms with Crippen molar-refractivity contribution < 1.29 is 22.7 Å². The quantitative estimate of drug-likeness (QED) is 0.331. The number of primary sulfonamides is 1. The number of aliphatic hydroxyl groups is 1. The van der Waals surface area contributed by atoms with E-state index in [4.69, 9.17) is 14.9 Å². The van der Waals surface area contributed by atoms with Gasteiger partial charge >= 0.3 is 0 Å². The molecule has 1 fully saturated rings. The molecular weight excluding hydrogens is 527 g/mol. The van der Waals surface area contributed by atoms with Gasteiger partial charge in [-0.05, 0) is 118 Å². The Bertz CT molecular complexity index is 1530. The molecule has 2 aromatic carbocycles. The molecule has 1 saturated carbocycles. The Labute approximate surface area is 236 Å². The van der Waals surface area contributed by atoms with Gasteiger partial charge < -0.3 is 9.84 Å². The third kappa shape index (κ3) is 5.67. The lowest BCUT2D eigenvalue weighted by atomic mass is 9.81. The number of rotatable bonds is 6. The lowest BCUT2D eigenvalue weighted by Crippen LogP contribution is -2.24. The first-order valence-corrected chi connectivity index (χ1v) is 15.8. The Morgan fingerprint density at radius 2 is 1.65 bits per heavy atom. The van der Waals surface area contributed by atoms with Crippen LogP contribution in [0.5, 0.6) is 11.5 Å². The van der Waals surface area contributed by atoms with Crippen molar-refractivity contribution in [2.45, 2.75) is 102 Å². The van der Waals surface area contributed by atoms with E-state index in [0.29, 0.717) is 51.4 Å². The standard InChI is InChI=1S/C32H39FN2O4S/c1-19-16-22(33)17-20(2)30(19)39-23-14-15-26(32(3,4)36)25(18-23)28-24-12-8-9-13-27(24)35-29(31(28)40(34,37)38)21-10-6-5-7-11-21/h14-18,21,36H,5-13H2,1-4H3,(H2,34,37,38). The van der Waals surface area contributed by atoms with Gasteiger partial charge in [0.05, 0.1) is 11.3 Å². The molecular formula is C32H39FN2O4S. The molecule has 0 unspecified atom stereocenters. The van der Waals surface area contributed by atoms with E-state index >= 15 is 0 Å². The number of halogens is 1. The fraction of sp³-hybridized carbons (Fsp3) is 0.469. The number of nitrogens with two attached hydrogens (primary N) is 1. The van der Waals surface area contributed by atoms with E-state index in [9.17, 15) is 17.9 Å². The molecule has 2 aliphatic rings. The highest BCUT2D eigenvalue weighted by Gasteiger charge is 2.34. The number of benzene rings is 2. The molecule has 0 saturated heterocycles. The van der Waals surface area contributed by atoms with Crippen molar-refractivity contribution in [2.24, 2.45) is 5.14 Å². The number of pyridine rings is 1. The number of aryl methyl sites for hydroxylation is 3. The summed E-state index contributed by atoms with van der Waals surface area (Å²) in [6.07, 6.45) is 8.28. The van der Waals surface area contributed by atoms with E-state index in [1.807, 2.05) is 0 Å². The summed E-state index contributed by atoms with van der Waals surface area (Å²) in [5.41, 5.74) is 4.09. The maximum absolute atomic E-state index is 14.0. The molecule has 40 heavy (non-hydrogen) atoms. The van der Waals surface area contributed by atoms with Crippen LogP contribution in [0.25, 0.3) is 11.1 Å². The first-order chi connectivity index (χ1) is 18.8. The van der Waals surface area contributed by atoms with Gasteiger partial charge in [0, 0.05) is 17.2 Å². The van der Waals surface area contributed by atoms with Crippen LogP contribution in [0.4, 0.5) is 4.39 Å². The predicted octanol–water partition coefficient (Wildman–Crippen LogP) is 7.10. The Kier molecular flexibility index (Phi) is 7.81. The molecule has 3 aromatic rings. The molecule has 1 heterocycles. The number of aromatic nitrogens is 1. The van der Waals surface area contributed by atoms with Crippen LogP contribution in [-0.2, 0) is 28.5 Å². The number of ether oxygens (including phenoxy) is 1. The molecule has 0 bridgehead atoms. The van der Waals surface area contributed by atoms with Crippen LogP contribution < -0.4 is 9.88 Å². The molecule has 0 aliphatic heterocycles. The zero-order valence-corrected chi connectivity index (χ0v) is 24.6. The van der Waals surface area contributed by atoms with Crippen molar-refractivity contribution in [1.29, 1.82) is 0 Å². The fourth-order valence-corrected chi connectivity index (χ4v) is 7.49. The predicted molar refractivity (Wildman–Crippen MR) is 155 cm³/mol. The molecule has 0 spiro atoms. The van der Waals surface area contributed by atoms with Gasteiger partial charge in [0.15, 0.2) is 0 Å². The Morgan fingerprint density at radius 3 is 2.27 bits per heavy atom. The normalized spacial score (nSPS) is 16.6. The average Bonchev–Trinajstić information content (AvgIpc) is 2.89. The van der Waals surface area contributed by atoms with E-state index in [-0.39, 0.29) is 16.6 Å². The van der Waals surface area contributed by atoms with Gasteiger partial charge in [-0.2, -0.15) is 0 Å². The van der Waals surface area contributed by atoms with E-state index < -0.39 is 15.6 Å². The minimum Gasteiger partial charge on any atom is -0.457 e. The third-order valence-electron chi connectivity index (χ3n) is 8.30. The van der Waals surface area contributed by atoms with Crippen LogP contribution in [-0.4, -0.2) is 18.5 Å². The van der Waals surface area contributed by atoms with Crippen LogP contribution in [0.1, 0.15) is 98.4 Å². The third-order valence-corrected chi connectivity index (χ3v) is 9.28. The van der Waals surface area contributed by atoms with Gasteiger partial charge in [-0.1, -0.05) is 25.3 Å². The fourth-order valence-electron chi connectivity index (χ4n) is 6.47. The second kappa shape index (κ2) is 10.9. The van der Waals surface area contributed by atoms with Crippen molar-refractivity contribution in [3.8, 4) is 22.6 Å². The lowest BCUT2D eigenvalue weighted by molar-refractivity contribution is 0.0791. The number of nitrogens with zero attached hydrogens (tertiary/aromatic N) is 1. The minimum absolute atomic E-state index is 0.0163. The summed E-state index contributed by atoms with van der Waals surface area (Å²) >= 11 is 0. The molecule has 6 nitrogen and oxygen atoms in total. The van der Waals surface area contributed by atoms with Crippen LogP contribution in [0, 0.1) is 19.7 Å². The second-order valence-electron chi connectivity index (χ2n) is 12.0. The number of fused-ring (bicyclic) bond motifs is 1. The Morgan fingerprint density at radius 1 is 1.00 bits per heavy atom. The van der Waals surface area contributed by atoms with Crippen molar-refractivity contribution in [2.75, 3.05) is 0 Å². The van der Waals surface area contributed by atoms with Gasteiger partial charge in [-0.25, -0.2) is 17.9 Å². The van der Waals surface area contributed by atoms with Gasteiger partial charge in [0.25, 0.3) is 0 Å². The number of hydrogen-bond acceptors (Lipinski definition) is 5. The molecule has 0 atom stereocenters. The summed E-state index contributed by atoms with van der Waals surface area (Å²) in [7, 11) is -4.17. The minimum atomic E-state index is -4.17. The van der Waals surface area contributed by atoms with Crippen LogP contribution in [0.15, 0.2) is 35.2 Å². The molecule has 214 valence electrons. The molecule has 1 aromatic heterocycles. The van der Waals surface area contributed by atoms with E-state index in [1.54, 1.807) is 45.9 Å². The maximum atomic E-state index is 14.0. The zero-order valence-electron chi connectivity index (χ0n) is 23.8. The van der Waals surface area contributed by atoms with Crippen LogP contribution in [0.3, 0.4) is 0 Å². The van der Waals surface area contributed by atoms with Gasteiger partial charge in [0.2, 0.25) is 10.0 Å². The monoisotopic (exact) mass is 566 g/mol. The van der Waals surface area contributed by atoms with Crippen molar-refractivity contribution in [3.63, 3.8) is 0 Å². The van der Waals surface area contributed by atoms with Gasteiger partial charge in [-0.15, -0.1) is 0 Å². The highest BCUT2D eigenvalue weighted by atomic mass is 32.2. The summed E-state index contributed by atoms with van der Waals surface area (Å²) in [5, 5.41) is 17.3. The molecule has 2 aliphatic carbocycles. The number of hydrogen-bond donors (Lipinski definition) is 2. The second-order valence-corrected chi connectivity index (χ2v) is 13.4. The summed E-state index contributed by atoms with van der Waals surface area (Å²) in [5.74, 6) is 0.677. The Balaban J connectivity index is 1.81. The maximum Gasteiger partial charge on any atom is 0.240 e. The summed E-state index contributed by atoms with van der Waals surface area (Å²) in [4.78, 5) is 5.09. The van der Waals surface area contributed by atoms with Gasteiger partial charge in [-0.3, -0.25) is 4.98 Å². The average molecular weight is 567 g/mol. The molecule has 0 radical (unpaired) electrons. The van der Waals surface area contributed by atoms with E-state index in [2.05, 4.69) is 0 Å².